The third kappa shape index (κ3) is 2.72. The molecule has 0 amide bonds. The molecule has 2 aliphatic rings. The van der Waals surface area contributed by atoms with Crippen LogP contribution in [0.1, 0.15) is 63.9 Å². The number of piperidine rings is 1. The number of hydrogen-bond donors (Lipinski definition) is 1. The van der Waals surface area contributed by atoms with Gasteiger partial charge in [-0.3, -0.25) is 0 Å². The van der Waals surface area contributed by atoms with Crippen LogP contribution in [0.4, 0.5) is 11.6 Å². The molecule has 2 fully saturated rings. The Labute approximate surface area is 128 Å². The van der Waals surface area contributed by atoms with Crippen molar-refractivity contribution in [3.05, 3.63) is 11.9 Å². The van der Waals surface area contributed by atoms with E-state index >= 15 is 0 Å². The zero-order chi connectivity index (χ0) is 14.8. The maximum absolute atomic E-state index is 4.70. The quantitative estimate of drug-likeness (QED) is 0.918. The fraction of sp³-hybridized carbons (Fsp3) is 0.765. The van der Waals surface area contributed by atoms with Crippen LogP contribution in [-0.4, -0.2) is 29.6 Å². The van der Waals surface area contributed by atoms with E-state index in [4.69, 9.17) is 4.98 Å². The molecule has 2 unspecified atom stereocenters. The van der Waals surface area contributed by atoms with Crippen molar-refractivity contribution in [3.8, 4) is 0 Å². The Morgan fingerprint density at radius 2 is 1.90 bits per heavy atom. The molecule has 116 valence electrons. The Kier molecular flexibility index (Phi) is 4.32. The lowest BCUT2D eigenvalue weighted by Crippen LogP contribution is -2.47. The lowest BCUT2D eigenvalue weighted by atomic mass is 9.78. The van der Waals surface area contributed by atoms with Crippen molar-refractivity contribution in [2.24, 2.45) is 5.92 Å². The first-order valence-corrected chi connectivity index (χ1v) is 8.51. The second kappa shape index (κ2) is 6.20. The molecule has 21 heavy (non-hydrogen) atoms. The van der Waals surface area contributed by atoms with Gasteiger partial charge in [-0.25, -0.2) is 9.97 Å². The van der Waals surface area contributed by atoms with Crippen LogP contribution in [0.3, 0.4) is 0 Å². The van der Waals surface area contributed by atoms with Gasteiger partial charge in [-0.1, -0.05) is 26.7 Å². The van der Waals surface area contributed by atoms with Crippen molar-refractivity contribution in [2.75, 3.05) is 23.8 Å². The van der Waals surface area contributed by atoms with E-state index in [1.807, 2.05) is 7.05 Å². The minimum atomic E-state index is 0.438. The minimum absolute atomic E-state index is 0.438. The SMILES string of the molecule is CNc1ncnc(N2CCCC3CCCCC32)c1C(C)C. The molecule has 2 atom stereocenters. The zero-order valence-corrected chi connectivity index (χ0v) is 13.6. The van der Waals surface area contributed by atoms with Crippen molar-refractivity contribution < 1.29 is 0 Å². The molecule has 1 aromatic heterocycles. The van der Waals surface area contributed by atoms with Gasteiger partial charge in [0.15, 0.2) is 0 Å². The molecule has 1 saturated heterocycles. The molecule has 4 heteroatoms. The van der Waals surface area contributed by atoms with Crippen LogP contribution in [0.25, 0.3) is 0 Å². The molecule has 1 saturated carbocycles. The molecule has 0 aromatic carbocycles. The highest BCUT2D eigenvalue weighted by Gasteiger charge is 2.35. The first-order chi connectivity index (χ1) is 10.2. The van der Waals surface area contributed by atoms with Crippen molar-refractivity contribution in [2.45, 2.75) is 64.3 Å². The number of nitrogens with one attached hydrogen (secondary N) is 1. The summed E-state index contributed by atoms with van der Waals surface area (Å²) >= 11 is 0. The topological polar surface area (TPSA) is 41.1 Å². The van der Waals surface area contributed by atoms with Gasteiger partial charge in [-0.15, -0.1) is 0 Å². The molecule has 1 aromatic rings. The standard InChI is InChI=1S/C17H28N4/c1-12(2)15-16(18-3)19-11-20-17(15)21-10-6-8-13-7-4-5-9-14(13)21/h11-14H,4-10H2,1-3H3,(H,18,19,20). The number of rotatable bonds is 3. The largest absolute Gasteiger partial charge is 0.373 e. The fourth-order valence-electron chi connectivity index (χ4n) is 4.23. The average Bonchev–Trinajstić information content (AvgIpc) is 2.53. The van der Waals surface area contributed by atoms with Gasteiger partial charge in [-0.05, 0) is 37.5 Å². The first kappa shape index (κ1) is 14.6. The van der Waals surface area contributed by atoms with Crippen molar-refractivity contribution in [3.63, 3.8) is 0 Å². The third-order valence-electron chi connectivity index (χ3n) is 5.19. The Bertz CT molecular complexity index is 484. The predicted octanol–water partition coefficient (Wildman–Crippen LogP) is 3.80. The van der Waals surface area contributed by atoms with Crippen molar-refractivity contribution >= 4 is 11.6 Å². The lowest BCUT2D eigenvalue weighted by molar-refractivity contribution is 0.242. The fourth-order valence-corrected chi connectivity index (χ4v) is 4.23. The number of fused-ring (bicyclic) bond motifs is 1. The van der Waals surface area contributed by atoms with Gasteiger partial charge in [0, 0.05) is 25.2 Å². The van der Waals surface area contributed by atoms with Gasteiger partial charge in [0.25, 0.3) is 0 Å². The van der Waals surface area contributed by atoms with Gasteiger partial charge < -0.3 is 10.2 Å². The Morgan fingerprint density at radius 3 is 2.67 bits per heavy atom. The van der Waals surface area contributed by atoms with E-state index in [-0.39, 0.29) is 0 Å². The summed E-state index contributed by atoms with van der Waals surface area (Å²) in [5.74, 6) is 3.49. The highest BCUT2D eigenvalue weighted by molar-refractivity contribution is 5.60. The van der Waals surface area contributed by atoms with E-state index in [1.165, 1.54) is 49.9 Å². The molecule has 0 spiro atoms. The summed E-state index contributed by atoms with van der Waals surface area (Å²) in [7, 11) is 1.96. The van der Waals surface area contributed by atoms with Crippen molar-refractivity contribution in [1.82, 2.24) is 9.97 Å². The van der Waals surface area contributed by atoms with Gasteiger partial charge >= 0.3 is 0 Å². The highest BCUT2D eigenvalue weighted by Crippen LogP contribution is 2.40. The molecular formula is C17H28N4. The lowest BCUT2D eigenvalue weighted by Gasteiger charge is -2.45. The minimum Gasteiger partial charge on any atom is -0.373 e. The first-order valence-electron chi connectivity index (χ1n) is 8.51. The Morgan fingerprint density at radius 1 is 1.14 bits per heavy atom. The summed E-state index contributed by atoms with van der Waals surface area (Å²) in [5, 5.41) is 3.25. The van der Waals surface area contributed by atoms with Gasteiger partial charge in [0.1, 0.15) is 18.0 Å². The molecular weight excluding hydrogens is 260 g/mol. The smallest absolute Gasteiger partial charge is 0.137 e. The van der Waals surface area contributed by atoms with E-state index in [0.29, 0.717) is 12.0 Å². The van der Waals surface area contributed by atoms with Gasteiger partial charge in [0.05, 0.1) is 0 Å². The molecule has 1 aliphatic heterocycles. The summed E-state index contributed by atoms with van der Waals surface area (Å²) in [6.07, 6.45) is 9.96. The summed E-state index contributed by atoms with van der Waals surface area (Å²) in [6.45, 7) is 5.64. The predicted molar refractivity (Wildman–Crippen MR) is 88.0 cm³/mol. The maximum Gasteiger partial charge on any atom is 0.137 e. The highest BCUT2D eigenvalue weighted by atomic mass is 15.2. The second-order valence-corrected chi connectivity index (χ2v) is 6.81. The van der Waals surface area contributed by atoms with Crippen LogP contribution in [-0.2, 0) is 0 Å². The van der Waals surface area contributed by atoms with Crippen LogP contribution in [0, 0.1) is 5.92 Å². The van der Waals surface area contributed by atoms with E-state index in [0.717, 1.165) is 18.3 Å². The summed E-state index contributed by atoms with van der Waals surface area (Å²) < 4.78 is 0. The van der Waals surface area contributed by atoms with Crippen LogP contribution in [0.15, 0.2) is 6.33 Å². The molecule has 2 heterocycles. The Hall–Kier alpha value is -1.32. The van der Waals surface area contributed by atoms with Crippen LogP contribution in [0.5, 0.6) is 0 Å². The molecule has 1 aliphatic carbocycles. The average molecular weight is 288 g/mol. The summed E-state index contributed by atoms with van der Waals surface area (Å²) in [5.41, 5.74) is 1.28. The zero-order valence-electron chi connectivity index (χ0n) is 13.6. The maximum atomic E-state index is 4.70. The van der Waals surface area contributed by atoms with Gasteiger partial charge in [-0.2, -0.15) is 0 Å². The molecule has 0 radical (unpaired) electrons. The van der Waals surface area contributed by atoms with E-state index in [9.17, 15) is 0 Å². The Balaban J connectivity index is 1.98. The number of anilines is 2. The summed E-state index contributed by atoms with van der Waals surface area (Å²) in [4.78, 5) is 11.7. The van der Waals surface area contributed by atoms with E-state index in [2.05, 4.69) is 29.0 Å². The molecule has 4 nitrogen and oxygen atoms in total. The monoisotopic (exact) mass is 288 g/mol. The second-order valence-electron chi connectivity index (χ2n) is 6.81. The molecule has 3 rings (SSSR count). The van der Waals surface area contributed by atoms with Gasteiger partial charge in [0.2, 0.25) is 0 Å². The van der Waals surface area contributed by atoms with E-state index < -0.39 is 0 Å². The molecule has 0 bridgehead atoms. The number of hydrogen-bond acceptors (Lipinski definition) is 4. The summed E-state index contributed by atoms with van der Waals surface area (Å²) in [6, 6.07) is 0.699. The molecule has 1 N–H and O–H groups in total. The van der Waals surface area contributed by atoms with Crippen LogP contribution in [0.2, 0.25) is 0 Å². The van der Waals surface area contributed by atoms with E-state index in [1.54, 1.807) is 6.33 Å². The van der Waals surface area contributed by atoms with Crippen molar-refractivity contribution in [1.29, 1.82) is 0 Å². The van der Waals surface area contributed by atoms with Crippen LogP contribution >= 0.6 is 0 Å². The number of aromatic nitrogens is 2. The number of nitrogens with zero attached hydrogens (tertiary/aromatic N) is 3. The third-order valence-corrected chi connectivity index (χ3v) is 5.19. The van der Waals surface area contributed by atoms with Crippen LogP contribution < -0.4 is 10.2 Å². The normalized spacial score (nSPS) is 25.8.